The molecule has 0 saturated carbocycles. The van der Waals surface area contributed by atoms with Gasteiger partial charge >= 0.3 is 0 Å². The number of benzene rings is 1. The SMILES string of the molecule is Nc1ccc2sc(C(=O)NCCS(N)(=O)=O)cc2c1. The Labute approximate surface area is 114 Å². The van der Waals surface area contributed by atoms with Crippen molar-refractivity contribution in [1.29, 1.82) is 0 Å². The topological polar surface area (TPSA) is 115 Å². The standard InChI is InChI=1S/C11H13N3O3S2/c12-8-1-2-9-7(5-8)6-10(18-9)11(15)14-3-4-19(13,16)17/h1-2,5-6H,3-4,12H2,(H,14,15)(H2,13,16,17). The number of rotatable bonds is 4. The number of nitrogens with two attached hydrogens (primary N) is 2. The summed E-state index contributed by atoms with van der Waals surface area (Å²) in [5.74, 6) is -0.597. The van der Waals surface area contributed by atoms with Gasteiger partial charge in [-0.2, -0.15) is 0 Å². The highest BCUT2D eigenvalue weighted by molar-refractivity contribution is 7.89. The maximum atomic E-state index is 11.8. The molecule has 8 heteroatoms. The highest BCUT2D eigenvalue weighted by Gasteiger charge is 2.11. The number of sulfonamides is 1. The average Bonchev–Trinajstić information content (AvgIpc) is 2.70. The van der Waals surface area contributed by atoms with Crippen LogP contribution in [-0.4, -0.2) is 26.6 Å². The molecule has 0 fully saturated rings. The minimum absolute atomic E-state index is 0.00590. The summed E-state index contributed by atoms with van der Waals surface area (Å²) in [6.45, 7) is -0.00590. The lowest BCUT2D eigenvalue weighted by molar-refractivity contribution is 0.0960. The number of primary sulfonamides is 1. The van der Waals surface area contributed by atoms with Crippen LogP contribution in [0.1, 0.15) is 9.67 Å². The van der Waals surface area contributed by atoms with Gasteiger partial charge in [-0.1, -0.05) is 0 Å². The van der Waals surface area contributed by atoms with E-state index in [1.165, 1.54) is 11.3 Å². The van der Waals surface area contributed by atoms with Gasteiger partial charge in [-0.25, -0.2) is 13.6 Å². The monoisotopic (exact) mass is 299 g/mol. The van der Waals surface area contributed by atoms with Crippen molar-refractivity contribution < 1.29 is 13.2 Å². The van der Waals surface area contributed by atoms with Crippen LogP contribution in [0.3, 0.4) is 0 Å². The Morgan fingerprint density at radius 3 is 2.74 bits per heavy atom. The number of amides is 1. The van der Waals surface area contributed by atoms with Crippen LogP contribution in [0.15, 0.2) is 24.3 Å². The van der Waals surface area contributed by atoms with Crippen LogP contribution in [0, 0.1) is 0 Å². The zero-order valence-corrected chi connectivity index (χ0v) is 11.6. The van der Waals surface area contributed by atoms with E-state index in [2.05, 4.69) is 5.32 Å². The molecule has 5 N–H and O–H groups in total. The van der Waals surface area contributed by atoms with Crippen LogP contribution >= 0.6 is 11.3 Å². The molecular weight excluding hydrogens is 286 g/mol. The van der Waals surface area contributed by atoms with Crippen LogP contribution in [0.5, 0.6) is 0 Å². The van der Waals surface area contributed by atoms with Crippen molar-refractivity contribution in [3.05, 3.63) is 29.1 Å². The lowest BCUT2D eigenvalue weighted by Gasteiger charge is -2.01. The Morgan fingerprint density at radius 2 is 2.05 bits per heavy atom. The maximum Gasteiger partial charge on any atom is 0.261 e. The first-order valence-electron chi connectivity index (χ1n) is 5.43. The quantitative estimate of drug-likeness (QED) is 0.713. The molecule has 1 amide bonds. The number of nitrogen functional groups attached to an aromatic ring is 1. The first-order chi connectivity index (χ1) is 8.85. The van der Waals surface area contributed by atoms with Gasteiger partial charge in [0.1, 0.15) is 0 Å². The normalized spacial score (nSPS) is 11.6. The number of carbonyl (C=O) groups is 1. The van der Waals surface area contributed by atoms with E-state index in [4.69, 9.17) is 10.9 Å². The zero-order chi connectivity index (χ0) is 14.0. The van der Waals surface area contributed by atoms with Gasteiger partial charge in [0.15, 0.2) is 0 Å². The van der Waals surface area contributed by atoms with Crippen molar-refractivity contribution >= 4 is 43.0 Å². The van der Waals surface area contributed by atoms with Gasteiger partial charge in [-0.15, -0.1) is 11.3 Å². The van der Waals surface area contributed by atoms with E-state index in [9.17, 15) is 13.2 Å². The molecule has 0 aliphatic heterocycles. The Kier molecular flexibility index (Phi) is 3.74. The fraction of sp³-hybridized carbons (Fsp3) is 0.182. The van der Waals surface area contributed by atoms with Gasteiger partial charge in [0, 0.05) is 16.9 Å². The highest BCUT2D eigenvalue weighted by atomic mass is 32.2. The summed E-state index contributed by atoms with van der Waals surface area (Å²) in [5, 5.41) is 8.25. The lowest BCUT2D eigenvalue weighted by atomic mass is 10.2. The summed E-state index contributed by atoms with van der Waals surface area (Å²) in [6, 6.07) is 7.12. The molecule has 6 nitrogen and oxygen atoms in total. The van der Waals surface area contributed by atoms with E-state index in [1.807, 2.05) is 6.07 Å². The van der Waals surface area contributed by atoms with E-state index in [1.54, 1.807) is 18.2 Å². The fourth-order valence-electron chi connectivity index (χ4n) is 1.57. The predicted octanol–water partition coefficient (Wildman–Crippen LogP) is 0.502. The number of hydrogen-bond acceptors (Lipinski definition) is 5. The summed E-state index contributed by atoms with van der Waals surface area (Å²) >= 11 is 1.32. The maximum absolute atomic E-state index is 11.8. The molecular formula is C11H13N3O3S2. The predicted molar refractivity (Wildman–Crippen MR) is 76.5 cm³/mol. The van der Waals surface area contributed by atoms with E-state index >= 15 is 0 Å². The van der Waals surface area contributed by atoms with Crippen LogP contribution in [0.25, 0.3) is 10.1 Å². The number of anilines is 1. The second kappa shape index (κ2) is 5.16. The first-order valence-corrected chi connectivity index (χ1v) is 7.96. The molecule has 2 rings (SSSR count). The minimum Gasteiger partial charge on any atom is -0.399 e. The Bertz CT molecular complexity index is 722. The van der Waals surface area contributed by atoms with Crippen molar-refractivity contribution in [3.63, 3.8) is 0 Å². The van der Waals surface area contributed by atoms with Crippen molar-refractivity contribution in [3.8, 4) is 0 Å². The largest absolute Gasteiger partial charge is 0.399 e. The van der Waals surface area contributed by atoms with E-state index in [-0.39, 0.29) is 18.2 Å². The summed E-state index contributed by atoms with van der Waals surface area (Å²) in [5.41, 5.74) is 6.29. The van der Waals surface area contributed by atoms with Gasteiger partial charge in [0.25, 0.3) is 5.91 Å². The second-order valence-corrected chi connectivity index (χ2v) is 6.85. The summed E-state index contributed by atoms with van der Waals surface area (Å²) in [7, 11) is -3.56. The molecule has 0 aliphatic rings. The third-order valence-electron chi connectivity index (χ3n) is 2.44. The molecule has 1 aromatic carbocycles. The van der Waals surface area contributed by atoms with Crippen molar-refractivity contribution in [2.45, 2.75) is 0 Å². The van der Waals surface area contributed by atoms with Crippen LogP contribution in [-0.2, 0) is 10.0 Å². The Balaban J connectivity index is 2.09. The average molecular weight is 299 g/mol. The van der Waals surface area contributed by atoms with Gasteiger partial charge in [0.05, 0.1) is 10.6 Å². The smallest absolute Gasteiger partial charge is 0.261 e. The van der Waals surface area contributed by atoms with Gasteiger partial charge in [-0.05, 0) is 29.7 Å². The number of thiophene rings is 1. The molecule has 0 atom stereocenters. The third kappa shape index (κ3) is 3.66. The first kappa shape index (κ1) is 13.8. The molecule has 0 saturated heterocycles. The van der Waals surface area contributed by atoms with Gasteiger partial charge in [-0.3, -0.25) is 4.79 Å². The van der Waals surface area contributed by atoms with Crippen LogP contribution in [0.4, 0.5) is 5.69 Å². The number of hydrogen-bond donors (Lipinski definition) is 3. The number of carbonyl (C=O) groups excluding carboxylic acids is 1. The zero-order valence-electron chi connectivity index (χ0n) is 9.92. The van der Waals surface area contributed by atoms with Crippen molar-refractivity contribution in [1.82, 2.24) is 5.32 Å². The lowest BCUT2D eigenvalue weighted by Crippen LogP contribution is -2.31. The van der Waals surface area contributed by atoms with Crippen molar-refractivity contribution in [2.24, 2.45) is 5.14 Å². The highest BCUT2D eigenvalue weighted by Crippen LogP contribution is 2.27. The molecule has 1 aromatic heterocycles. The molecule has 0 aliphatic carbocycles. The molecule has 0 spiro atoms. The van der Waals surface area contributed by atoms with Gasteiger partial charge in [0.2, 0.25) is 10.0 Å². The van der Waals surface area contributed by atoms with E-state index in [0.29, 0.717) is 10.6 Å². The van der Waals surface area contributed by atoms with Crippen LogP contribution in [0.2, 0.25) is 0 Å². The second-order valence-electron chi connectivity index (χ2n) is 4.03. The summed E-state index contributed by atoms with van der Waals surface area (Å²) in [4.78, 5) is 12.3. The Morgan fingerprint density at radius 1 is 1.32 bits per heavy atom. The van der Waals surface area contributed by atoms with E-state index < -0.39 is 10.0 Å². The number of nitrogens with one attached hydrogen (secondary N) is 1. The minimum atomic E-state index is -3.56. The molecule has 0 bridgehead atoms. The molecule has 102 valence electrons. The molecule has 0 radical (unpaired) electrons. The Hall–Kier alpha value is -1.64. The molecule has 19 heavy (non-hydrogen) atoms. The summed E-state index contributed by atoms with van der Waals surface area (Å²) in [6.07, 6.45) is 0. The van der Waals surface area contributed by atoms with E-state index in [0.717, 1.165) is 10.1 Å². The summed E-state index contributed by atoms with van der Waals surface area (Å²) < 4.78 is 22.4. The fourth-order valence-corrected chi connectivity index (χ4v) is 2.91. The molecule has 2 aromatic rings. The third-order valence-corrected chi connectivity index (χ3v) is 4.32. The van der Waals surface area contributed by atoms with Crippen LogP contribution < -0.4 is 16.2 Å². The molecule has 0 unspecified atom stereocenters. The number of fused-ring (bicyclic) bond motifs is 1. The van der Waals surface area contributed by atoms with Gasteiger partial charge < -0.3 is 11.1 Å². The molecule has 1 heterocycles. The van der Waals surface area contributed by atoms with Crippen molar-refractivity contribution in [2.75, 3.05) is 18.0 Å².